The smallest absolute Gasteiger partial charge is 0.336 e. The molecule has 0 aliphatic heterocycles. The van der Waals surface area contributed by atoms with Gasteiger partial charge in [-0.25, -0.2) is 9.59 Å². The molecule has 2 aromatic carbocycles. The Bertz CT molecular complexity index is 1170. The Labute approximate surface area is 187 Å². The third kappa shape index (κ3) is 3.90. The van der Waals surface area contributed by atoms with Gasteiger partial charge in [0.2, 0.25) is 0 Å². The molecule has 4 aliphatic rings. The van der Waals surface area contributed by atoms with Crippen LogP contribution in [0.3, 0.4) is 0 Å². The first kappa shape index (κ1) is 20.4. The van der Waals surface area contributed by atoms with Gasteiger partial charge in [0, 0.05) is 11.1 Å². The van der Waals surface area contributed by atoms with Crippen molar-refractivity contribution in [1.29, 1.82) is 0 Å². The van der Waals surface area contributed by atoms with Crippen LogP contribution in [0.2, 0.25) is 0 Å². The highest BCUT2D eigenvalue weighted by Gasteiger charge is 2.48. The van der Waals surface area contributed by atoms with E-state index in [9.17, 15) is 14.7 Å². The van der Waals surface area contributed by atoms with Crippen LogP contribution in [-0.2, 0) is 0 Å². The molecule has 0 radical (unpaired) electrons. The van der Waals surface area contributed by atoms with Crippen molar-refractivity contribution in [2.75, 3.05) is 0 Å². The lowest BCUT2D eigenvalue weighted by Crippen LogP contribution is -2.43. The Hall–Kier alpha value is -3.50. The van der Waals surface area contributed by atoms with E-state index in [0.29, 0.717) is 11.5 Å². The predicted octanol–water partition coefficient (Wildman–Crippen LogP) is 5.03. The summed E-state index contributed by atoms with van der Waals surface area (Å²) in [7, 11) is 0. The van der Waals surface area contributed by atoms with Crippen molar-refractivity contribution in [1.82, 2.24) is 0 Å². The van der Waals surface area contributed by atoms with Gasteiger partial charge >= 0.3 is 11.9 Å². The summed E-state index contributed by atoms with van der Waals surface area (Å²) in [6.45, 7) is 0. The Morgan fingerprint density at radius 2 is 1.22 bits per heavy atom. The zero-order chi connectivity index (χ0) is 22.2. The van der Waals surface area contributed by atoms with Gasteiger partial charge in [-0.2, -0.15) is 0 Å². The zero-order valence-corrected chi connectivity index (χ0v) is 17.7. The van der Waals surface area contributed by atoms with Gasteiger partial charge in [-0.3, -0.25) is 0 Å². The number of rotatable bonds is 3. The highest BCUT2D eigenvalue weighted by molar-refractivity contribution is 6.01. The van der Waals surface area contributed by atoms with Crippen LogP contribution >= 0.6 is 0 Å². The lowest BCUT2D eigenvalue weighted by Gasteiger charge is -2.54. The molecule has 4 saturated carbocycles. The maximum Gasteiger partial charge on any atom is 0.336 e. The molecule has 0 aromatic heterocycles. The Morgan fingerprint density at radius 1 is 0.688 bits per heavy atom. The molecule has 4 nitrogen and oxygen atoms in total. The molecule has 32 heavy (non-hydrogen) atoms. The molecule has 4 aliphatic carbocycles. The van der Waals surface area contributed by atoms with Crippen LogP contribution in [0.25, 0.3) is 0 Å². The van der Waals surface area contributed by atoms with Gasteiger partial charge in [0.05, 0.1) is 11.1 Å². The predicted molar refractivity (Wildman–Crippen MR) is 120 cm³/mol. The molecule has 2 aromatic rings. The van der Waals surface area contributed by atoms with Crippen LogP contribution in [-0.4, -0.2) is 22.2 Å². The second-order valence-electron chi connectivity index (χ2n) is 9.45. The van der Waals surface area contributed by atoms with E-state index in [4.69, 9.17) is 5.11 Å². The molecule has 0 unspecified atom stereocenters. The average Bonchev–Trinajstić information content (AvgIpc) is 2.76. The molecule has 4 bridgehead atoms. The summed E-state index contributed by atoms with van der Waals surface area (Å²) in [6.07, 6.45) is 7.10. The van der Waals surface area contributed by atoms with Gasteiger partial charge in [-0.05, 0) is 109 Å². The summed E-state index contributed by atoms with van der Waals surface area (Å²) in [6, 6.07) is 12.6. The Kier molecular flexibility index (Phi) is 5.24. The fourth-order valence-corrected chi connectivity index (χ4v) is 6.45. The minimum Gasteiger partial charge on any atom is -0.478 e. The van der Waals surface area contributed by atoms with Crippen molar-refractivity contribution in [3.8, 4) is 23.7 Å². The van der Waals surface area contributed by atoms with Gasteiger partial charge in [-0.1, -0.05) is 24.0 Å². The topological polar surface area (TPSA) is 74.6 Å². The van der Waals surface area contributed by atoms with Gasteiger partial charge in [0.25, 0.3) is 0 Å². The summed E-state index contributed by atoms with van der Waals surface area (Å²) < 4.78 is 0. The second-order valence-corrected chi connectivity index (χ2v) is 9.45. The quantitative estimate of drug-likeness (QED) is 0.678. The molecule has 0 heterocycles. The fraction of sp³-hybridized carbons (Fsp3) is 0.357. The monoisotopic (exact) mass is 424 g/mol. The van der Waals surface area contributed by atoms with E-state index in [-0.39, 0.29) is 11.1 Å². The molecule has 0 amide bonds. The summed E-state index contributed by atoms with van der Waals surface area (Å²) in [4.78, 5) is 22.4. The summed E-state index contributed by atoms with van der Waals surface area (Å²) in [5.41, 5.74) is 2.24. The Morgan fingerprint density at radius 3 is 1.78 bits per heavy atom. The van der Waals surface area contributed by atoms with Crippen LogP contribution in [0, 0.1) is 47.4 Å². The van der Waals surface area contributed by atoms with E-state index in [1.807, 2.05) is 0 Å². The minimum atomic E-state index is -1.30. The van der Waals surface area contributed by atoms with E-state index in [1.165, 1.54) is 55.9 Å². The molecule has 0 spiro atoms. The number of carboxylic acid groups (broad SMARTS) is 2. The van der Waals surface area contributed by atoms with E-state index >= 15 is 0 Å². The molecule has 6 rings (SSSR count). The van der Waals surface area contributed by atoms with Crippen molar-refractivity contribution < 1.29 is 19.8 Å². The number of benzene rings is 2. The van der Waals surface area contributed by atoms with Crippen LogP contribution in [0.15, 0.2) is 42.5 Å². The van der Waals surface area contributed by atoms with E-state index in [2.05, 4.69) is 47.9 Å². The van der Waals surface area contributed by atoms with Crippen molar-refractivity contribution in [3.63, 3.8) is 0 Å². The highest BCUT2D eigenvalue weighted by atomic mass is 16.4. The number of carbonyl (C=O) groups is 2. The summed E-state index contributed by atoms with van der Waals surface area (Å²) in [5.74, 6) is 13.2. The zero-order valence-electron chi connectivity index (χ0n) is 17.7. The van der Waals surface area contributed by atoms with Gasteiger partial charge in [0.1, 0.15) is 0 Å². The van der Waals surface area contributed by atoms with Gasteiger partial charge in [0.15, 0.2) is 0 Å². The van der Waals surface area contributed by atoms with E-state index in [0.717, 1.165) is 29.2 Å². The summed E-state index contributed by atoms with van der Waals surface area (Å²) >= 11 is 0. The number of carboxylic acids is 2. The second kappa shape index (κ2) is 8.21. The molecule has 4 heteroatoms. The molecular weight excluding hydrogens is 400 g/mol. The standard InChI is InChI=1S/C28H24O4/c29-27(30)24-10-7-18(16-25(24)28(31)32)4-2-1-3-17-5-8-21(9-6-17)26-22-12-19-11-20(14-22)15-23(26)13-19/h5-10,16,19-20,22-23,26H,11-15H2,(H,29,30)(H,31,32). The molecule has 160 valence electrons. The first-order valence-corrected chi connectivity index (χ1v) is 11.2. The third-order valence-corrected chi connectivity index (χ3v) is 7.48. The normalized spacial score (nSPS) is 27.1. The number of aromatic carboxylic acids is 2. The maximum atomic E-state index is 11.3. The minimum absolute atomic E-state index is 0.256. The van der Waals surface area contributed by atoms with Crippen LogP contribution in [0.4, 0.5) is 0 Å². The maximum absolute atomic E-state index is 11.3. The molecule has 2 N–H and O–H groups in total. The summed E-state index contributed by atoms with van der Waals surface area (Å²) in [5, 5.41) is 18.3. The first-order chi connectivity index (χ1) is 15.5. The third-order valence-electron chi connectivity index (χ3n) is 7.48. The number of hydrogen-bond acceptors (Lipinski definition) is 2. The molecular formula is C28H24O4. The van der Waals surface area contributed by atoms with Crippen LogP contribution in [0.1, 0.15) is 75.4 Å². The van der Waals surface area contributed by atoms with Gasteiger partial charge < -0.3 is 10.2 Å². The molecule has 0 atom stereocenters. The van der Waals surface area contributed by atoms with Crippen molar-refractivity contribution >= 4 is 11.9 Å². The number of hydrogen-bond donors (Lipinski definition) is 2. The molecule has 4 fully saturated rings. The van der Waals surface area contributed by atoms with Crippen LogP contribution in [0.5, 0.6) is 0 Å². The average molecular weight is 424 g/mol. The van der Waals surface area contributed by atoms with E-state index in [1.54, 1.807) is 0 Å². The van der Waals surface area contributed by atoms with Crippen molar-refractivity contribution in [2.24, 2.45) is 23.7 Å². The van der Waals surface area contributed by atoms with E-state index < -0.39 is 11.9 Å². The molecule has 0 saturated heterocycles. The van der Waals surface area contributed by atoms with Crippen molar-refractivity contribution in [3.05, 3.63) is 70.3 Å². The SMILES string of the molecule is O=C(O)c1ccc(C#CC#Cc2ccc(C3C4CC5CC(C4)CC3C5)cc2)cc1C(=O)O. The fourth-order valence-electron chi connectivity index (χ4n) is 6.45. The highest BCUT2D eigenvalue weighted by Crippen LogP contribution is 2.59. The van der Waals surface area contributed by atoms with Gasteiger partial charge in [-0.15, -0.1) is 0 Å². The lowest BCUT2D eigenvalue weighted by molar-refractivity contribution is -0.00278. The lowest BCUT2D eigenvalue weighted by atomic mass is 9.51. The first-order valence-electron chi connectivity index (χ1n) is 11.2. The van der Waals surface area contributed by atoms with Crippen molar-refractivity contribution in [2.45, 2.75) is 38.0 Å². The Balaban J connectivity index is 1.29. The largest absolute Gasteiger partial charge is 0.478 e. The van der Waals surface area contributed by atoms with Crippen LogP contribution < -0.4 is 0 Å².